The molecule has 2 fully saturated rings. The third-order valence-electron chi connectivity index (χ3n) is 5.24. The molecule has 0 N–H and O–H groups in total. The van der Waals surface area contributed by atoms with Crippen LogP contribution in [0.1, 0.15) is 36.5 Å². The summed E-state index contributed by atoms with van der Waals surface area (Å²) >= 11 is 5.98. The number of nitrogens with zero attached hydrogens (tertiary/aromatic N) is 2. The lowest BCUT2D eigenvalue weighted by atomic mass is 10.1. The van der Waals surface area contributed by atoms with Crippen molar-refractivity contribution in [2.24, 2.45) is 0 Å². The number of carbonyl (C=O) groups excluding carboxylic acids is 1. The van der Waals surface area contributed by atoms with Crippen molar-refractivity contribution in [3.8, 4) is 5.75 Å². The molecule has 2 saturated heterocycles. The highest BCUT2D eigenvalue weighted by molar-refractivity contribution is 6.18. The summed E-state index contributed by atoms with van der Waals surface area (Å²) in [5.41, 5.74) is 0.725. The molecule has 6 heteroatoms. The van der Waals surface area contributed by atoms with E-state index in [-0.39, 0.29) is 12.0 Å². The smallest absolute Gasteiger partial charge is 0.253 e. The Morgan fingerprint density at radius 2 is 1.92 bits per heavy atom. The number of halogens is 1. The molecular formula is C20H29ClN2O3. The lowest BCUT2D eigenvalue weighted by molar-refractivity contribution is 0.0256. The number of alkyl halides is 1. The van der Waals surface area contributed by atoms with E-state index < -0.39 is 0 Å². The first-order valence-corrected chi connectivity index (χ1v) is 10.1. The number of benzene rings is 1. The minimum absolute atomic E-state index is 0.1000. The number of hydrogen-bond donors (Lipinski definition) is 0. The molecule has 1 unspecified atom stereocenters. The number of rotatable bonds is 5. The van der Waals surface area contributed by atoms with Crippen LogP contribution in [0.3, 0.4) is 0 Å². The molecule has 26 heavy (non-hydrogen) atoms. The minimum Gasteiger partial charge on any atom is -0.490 e. The van der Waals surface area contributed by atoms with Crippen LogP contribution in [0.4, 0.5) is 0 Å². The lowest BCUT2D eigenvalue weighted by Gasteiger charge is -2.26. The predicted molar refractivity (Wildman–Crippen MR) is 103 cm³/mol. The van der Waals surface area contributed by atoms with Crippen molar-refractivity contribution in [3.63, 3.8) is 0 Å². The fourth-order valence-corrected chi connectivity index (χ4v) is 3.72. The molecule has 0 saturated carbocycles. The summed E-state index contributed by atoms with van der Waals surface area (Å²) < 4.78 is 11.3. The van der Waals surface area contributed by atoms with Gasteiger partial charge in [0, 0.05) is 56.5 Å². The molecule has 144 valence electrons. The van der Waals surface area contributed by atoms with Gasteiger partial charge in [-0.2, -0.15) is 0 Å². The summed E-state index contributed by atoms with van der Waals surface area (Å²) in [5.74, 6) is 1.55. The third kappa shape index (κ3) is 5.12. The van der Waals surface area contributed by atoms with E-state index >= 15 is 0 Å². The molecule has 2 heterocycles. The maximum absolute atomic E-state index is 12.8. The first-order chi connectivity index (χ1) is 12.7. The van der Waals surface area contributed by atoms with Gasteiger partial charge in [0.25, 0.3) is 5.91 Å². The largest absolute Gasteiger partial charge is 0.490 e. The molecule has 0 spiro atoms. The first-order valence-electron chi connectivity index (χ1n) is 9.61. The Hall–Kier alpha value is -1.30. The van der Waals surface area contributed by atoms with Crippen LogP contribution in [-0.4, -0.2) is 73.1 Å². The van der Waals surface area contributed by atoms with E-state index in [2.05, 4.69) is 11.8 Å². The molecule has 2 aliphatic heterocycles. The van der Waals surface area contributed by atoms with Gasteiger partial charge in [-0.3, -0.25) is 9.69 Å². The third-order valence-corrected chi connectivity index (χ3v) is 5.68. The maximum atomic E-state index is 12.8. The number of carbonyl (C=O) groups is 1. The molecule has 0 aliphatic carbocycles. The fourth-order valence-electron chi connectivity index (χ4n) is 3.52. The van der Waals surface area contributed by atoms with Crippen molar-refractivity contribution in [2.45, 2.75) is 38.3 Å². The summed E-state index contributed by atoms with van der Waals surface area (Å²) in [5, 5.41) is 0. The zero-order valence-corrected chi connectivity index (χ0v) is 16.3. The molecule has 5 nitrogen and oxygen atoms in total. The quantitative estimate of drug-likeness (QED) is 0.736. The molecule has 2 aliphatic rings. The average molecular weight is 381 g/mol. The van der Waals surface area contributed by atoms with Crippen molar-refractivity contribution in [1.82, 2.24) is 9.80 Å². The van der Waals surface area contributed by atoms with Crippen LogP contribution in [0.25, 0.3) is 0 Å². The van der Waals surface area contributed by atoms with E-state index in [4.69, 9.17) is 21.1 Å². The van der Waals surface area contributed by atoms with E-state index in [1.54, 1.807) is 0 Å². The van der Waals surface area contributed by atoms with Gasteiger partial charge in [0.1, 0.15) is 11.9 Å². The summed E-state index contributed by atoms with van der Waals surface area (Å²) in [6.45, 7) is 7.08. The average Bonchev–Trinajstić information content (AvgIpc) is 2.94. The SMILES string of the molecule is CC(CCl)N1CCCN(C(=O)c2ccc(OC3CCOCC3)cc2)CC1. The second-order valence-electron chi connectivity index (χ2n) is 7.14. The van der Waals surface area contributed by atoms with Crippen LogP contribution in [0.2, 0.25) is 0 Å². The molecule has 0 radical (unpaired) electrons. The van der Waals surface area contributed by atoms with Crippen LogP contribution in [0, 0.1) is 0 Å². The van der Waals surface area contributed by atoms with Gasteiger partial charge < -0.3 is 14.4 Å². The lowest BCUT2D eigenvalue weighted by Crippen LogP contribution is -2.39. The first kappa shape index (κ1) is 19.5. The van der Waals surface area contributed by atoms with Crippen LogP contribution >= 0.6 is 11.6 Å². The topological polar surface area (TPSA) is 42.0 Å². The standard InChI is InChI=1S/C20H29ClN2O3/c1-16(15-21)22-9-2-10-23(12-11-22)20(24)17-3-5-18(6-4-17)26-19-7-13-25-14-8-19/h3-6,16,19H,2,7-15H2,1H3. The Kier molecular flexibility index (Phi) is 7.17. The molecule has 3 rings (SSSR count). The summed E-state index contributed by atoms with van der Waals surface area (Å²) in [6.07, 6.45) is 3.04. The summed E-state index contributed by atoms with van der Waals surface area (Å²) in [4.78, 5) is 17.1. The highest BCUT2D eigenvalue weighted by atomic mass is 35.5. The van der Waals surface area contributed by atoms with Gasteiger partial charge in [-0.1, -0.05) is 0 Å². The Morgan fingerprint density at radius 1 is 1.19 bits per heavy atom. The van der Waals surface area contributed by atoms with Crippen molar-refractivity contribution < 1.29 is 14.3 Å². The second kappa shape index (κ2) is 9.58. The van der Waals surface area contributed by atoms with Crippen molar-refractivity contribution >= 4 is 17.5 Å². The Balaban J connectivity index is 1.55. The van der Waals surface area contributed by atoms with Crippen molar-refractivity contribution in [2.75, 3.05) is 45.3 Å². The van der Waals surface area contributed by atoms with Gasteiger partial charge in [-0.15, -0.1) is 11.6 Å². The molecular weight excluding hydrogens is 352 g/mol. The van der Waals surface area contributed by atoms with Crippen molar-refractivity contribution in [3.05, 3.63) is 29.8 Å². The maximum Gasteiger partial charge on any atom is 0.253 e. The second-order valence-corrected chi connectivity index (χ2v) is 7.45. The highest BCUT2D eigenvalue weighted by Gasteiger charge is 2.22. The number of amides is 1. The Morgan fingerprint density at radius 3 is 2.62 bits per heavy atom. The van der Waals surface area contributed by atoms with E-state index in [9.17, 15) is 4.79 Å². The molecule has 1 aromatic rings. The summed E-state index contributed by atoms with van der Waals surface area (Å²) in [7, 11) is 0. The predicted octanol–water partition coefficient (Wildman–Crippen LogP) is 3.02. The highest BCUT2D eigenvalue weighted by Crippen LogP contribution is 2.20. The monoisotopic (exact) mass is 380 g/mol. The van der Waals surface area contributed by atoms with Crippen LogP contribution in [0.5, 0.6) is 5.75 Å². The van der Waals surface area contributed by atoms with E-state index in [1.807, 2.05) is 29.2 Å². The zero-order valence-electron chi connectivity index (χ0n) is 15.5. The van der Waals surface area contributed by atoms with E-state index in [0.29, 0.717) is 11.9 Å². The number of ether oxygens (including phenoxy) is 2. The minimum atomic E-state index is 0.1000. The van der Waals surface area contributed by atoms with Gasteiger partial charge in [0.2, 0.25) is 0 Å². The van der Waals surface area contributed by atoms with E-state index in [0.717, 1.165) is 70.0 Å². The number of hydrogen-bond acceptors (Lipinski definition) is 4. The van der Waals surface area contributed by atoms with Crippen LogP contribution in [0.15, 0.2) is 24.3 Å². The fraction of sp³-hybridized carbons (Fsp3) is 0.650. The van der Waals surface area contributed by atoms with Gasteiger partial charge in [0.15, 0.2) is 0 Å². The van der Waals surface area contributed by atoms with Crippen LogP contribution in [-0.2, 0) is 4.74 Å². The van der Waals surface area contributed by atoms with Gasteiger partial charge in [-0.25, -0.2) is 0 Å². The van der Waals surface area contributed by atoms with E-state index in [1.165, 1.54) is 0 Å². The Bertz CT molecular complexity index is 575. The normalized spacial score (nSPS) is 21.2. The molecule has 1 amide bonds. The molecule has 1 aromatic carbocycles. The van der Waals surface area contributed by atoms with Crippen LogP contribution < -0.4 is 4.74 Å². The Labute approximate surface area is 161 Å². The summed E-state index contributed by atoms with van der Waals surface area (Å²) in [6, 6.07) is 7.92. The van der Waals surface area contributed by atoms with Crippen molar-refractivity contribution in [1.29, 1.82) is 0 Å². The van der Waals surface area contributed by atoms with Gasteiger partial charge >= 0.3 is 0 Å². The molecule has 0 bridgehead atoms. The molecule has 0 aromatic heterocycles. The zero-order chi connectivity index (χ0) is 18.4. The van der Waals surface area contributed by atoms with Gasteiger partial charge in [-0.05, 0) is 37.6 Å². The molecule has 1 atom stereocenters. The van der Waals surface area contributed by atoms with Gasteiger partial charge in [0.05, 0.1) is 13.2 Å².